The summed E-state index contributed by atoms with van der Waals surface area (Å²) in [7, 11) is 0. The molecule has 0 saturated heterocycles. The van der Waals surface area contributed by atoms with Crippen molar-refractivity contribution in [2.24, 2.45) is 0 Å². The first-order valence-corrected chi connectivity index (χ1v) is 11.1. The van der Waals surface area contributed by atoms with Crippen molar-refractivity contribution >= 4 is 27.4 Å². The number of aryl methyl sites for hydroxylation is 2. The van der Waals surface area contributed by atoms with Crippen LogP contribution < -0.4 is 0 Å². The van der Waals surface area contributed by atoms with Crippen LogP contribution in [0.3, 0.4) is 0 Å². The van der Waals surface area contributed by atoms with Gasteiger partial charge in [0.15, 0.2) is 0 Å². The largest absolute Gasteiger partial charge is 0.462 e. The zero-order valence-corrected chi connectivity index (χ0v) is 18.2. The summed E-state index contributed by atoms with van der Waals surface area (Å²) in [4.78, 5) is 13.2. The number of ether oxygens (including phenoxy) is 1. The Morgan fingerprint density at radius 3 is 2.50 bits per heavy atom. The quantitative estimate of drug-likeness (QED) is 0.281. The maximum atomic E-state index is 13.0. The molecule has 0 radical (unpaired) electrons. The highest BCUT2D eigenvalue weighted by Crippen LogP contribution is 2.36. The Kier molecular flexibility index (Phi) is 6.33. The van der Waals surface area contributed by atoms with Gasteiger partial charge in [-0.3, -0.25) is 0 Å². The fourth-order valence-electron chi connectivity index (χ4n) is 3.67. The van der Waals surface area contributed by atoms with Crippen LogP contribution in [0.5, 0.6) is 0 Å². The van der Waals surface area contributed by atoms with E-state index in [1.165, 1.54) is 12.1 Å². The summed E-state index contributed by atoms with van der Waals surface area (Å²) in [6.45, 7) is 2.09. The highest BCUT2D eigenvalue weighted by Gasteiger charge is 2.30. The maximum Gasteiger partial charge on any atom is 0.416 e. The Bertz CT molecular complexity index is 1260. The van der Waals surface area contributed by atoms with Crippen LogP contribution in [0.15, 0.2) is 72.8 Å². The normalized spacial score (nSPS) is 11.6. The van der Waals surface area contributed by atoms with E-state index in [1.807, 2.05) is 36.4 Å². The second-order valence-corrected chi connectivity index (χ2v) is 8.57. The van der Waals surface area contributed by atoms with E-state index in [0.29, 0.717) is 30.6 Å². The van der Waals surface area contributed by atoms with Crippen molar-refractivity contribution in [3.63, 3.8) is 0 Å². The number of esters is 1. The zero-order valence-electron chi connectivity index (χ0n) is 17.4. The van der Waals surface area contributed by atoms with E-state index in [1.54, 1.807) is 30.4 Å². The van der Waals surface area contributed by atoms with E-state index in [-0.39, 0.29) is 5.97 Å². The van der Waals surface area contributed by atoms with Gasteiger partial charge in [0.1, 0.15) is 0 Å². The molecule has 1 heterocycles. The molecule has 0 bridgehead atoms. The first kappa shape index (κ1) is 22.1. The molecule has 1 aromatic heterocycles. The second kappa shape index (κ2) is 9.17. The number of hydrogen-bond donors (Lipinski definition) is 0. The molecule has 0 N–H and O–H groups in total. The third kappa shape index (κ3) is 4.86. The molecule has 164 valence electrons. The van der Waals surface area contributed by atoms with E-state index >= 15 is 0 Å². The van der Waals surface area contributed by atoms with Crippen LogP contribution in [0.25, 0.3) is 21.2 Å². The molecule has 0 saturated carbocycles. The number of fused-ring (bicyclic) bond motifs is 1. The average molecular weight is 455 g/mol. The van der Waals surface area contributed by atoms with Gasteiger partial charge in [0.25, 0.3) is 0 Å². The molecule has 0 amide bonds. The fourth-order valence-corrected chi connectivity index (χ4v) is 4.86. The molecular formula is C26H21F3O2S. The summed E-state index contributed by atoms with van der Waals surface area (Å²) in [5, 5.41) is 1.08. The van der Waals surface area contributed by atoms with Crippen molar-refractivity contribution in [3.8, 4) is 11.1 Å². The number of thiophene rings is 1. The summed E-state index contributed by atoms with van der Waals surface area (Å²) in [5.74, 6) is -0.352. The van der Waals surface area contributed by atoms with Crippen LogP contribution in [0, 0.1) is 0 Å². The topological polar surface area (TPSA) is 26.3 Å². The highest BCUT2D eigenvalue weighted by atomic mass is 32.1. The molecule has 0 aliphatic heterocycles. The second-order valence-electron chi connectivity index (χ2n) is 7.44. The number of alkyl halides is 3. The lowest BCUT2D eigenvalue weighted by atomic mass is 10.0. The predicted molar refractivity (Wildman–Crippen MR) is 122 cm³/mol. The highest BCUT2D eigenvalue weighted by molar-refractivity contribution is 7.19. The van der Waals surface area contributed by atoms with Gasteiger partial charge < -0.3 is 4.74 Å². The van der Waals surface area contributed by atoms with Crippen LogP contribution in [0.4, 0.5) is 13.2 Å². The third-order valence-corrected chi connectivity index (χ3v) is 6.44. The predicted octanol–water partition coefficient (Wildman–Crippen LogP) is 7.55. The minimum atomic E-state index is -4.33. The van der Waals surface area contributed by atoms with E-state index in [4.69, 9.17) is 4.74 Å². The molecule has 0 atom stereocenters. The van der Waals surface area contributed by atoms with Gasteiger partial charge in [-0.05, 0) is 66.1 Å². The Morgan fingerprint density at radius 2 is 1.72 bits per heavy atom. The van der Waals surface area contributed by atoms with Crippen LogP contribution in [0.2, 0.25) is 0 Å². The van der Waals surface area contributed by atoms with E-state index in [2.05, 4.69) is 6.07 Å². The summed E-state index contributed by atoms with van der Waals surface area (Å²) in [5.41, 5.74) is 2.49. The number of carbonyl (C=O) groups is 1. The average Bonchev–Trinajstić information content (AvgIpc) is 3.21. The Labute approximate surface area is 188 Å². The van der Waals surface area contributed by atoms with E-state index < -0.39 is 11.7 Å². The summed E-state index contributed by atoms with van der Waals surface area (Å²) < 4.78 is 45.1. The first-order chi connectivity index (χ1) is 15.3. The monoisotopic (exact) mass is 454 g/mol. The van der Waals surface area contributed by atoms with Crippen LogP contribution in [-0.2, 0) is 23.8 Å². The Balaban J connectivity index is 1.59. The maximum absolute atomic E-state index is 13.0. The summed E-state index contributed by atoms with van der Waals surface area (Å²) in [6.07, 6.45) is -3.14. The number of hydrogen-bond acceptors (Lipinski definition) is 3. The molecule has 32 heavy (non-hydrogen) atoms. The van der Waals surface area contributed by atoms with E-state index in [0.717, 1.165) is 32.2 Å². The lowest BCUT2D eigenvalue weighted by Crippen LogP contribution is -2.05. The van der Waals surface area contributed by atoms with Gasteiger partial charge in [0.2, 0.25) is 0 Å². The van der Waals surface area contributed by atoms with Gasteiger partial charge in [0.05, 0.1) is 17.7 Å². The molecule has 4 aromatic rings. The van der Waals surface area contributed by atoms with Crippen LogP contribution in [-0.4, -0.2) is 12.6 Å². The van der Waals surface area contributed by atoms with Crippen LogP contribution >= 0.6 is 11.3 Å². The zero-order chi connectivity index (χ0) is 22.7. The van der Waals surface area contributed by atoms with Crippen LogP contribution in [0.1, 0.15) is 33.3 Å². The third-order valence-electron chi connectivity index (χ3n) is 5.19. The Hall–Kier alpha value is -3.12. The fraction of sp³-hybridized carbons (Fsp3) is 0.192. The molecule has 0 aliphatic carbocycles. The van der Waals surface area contributed by atoms with Crippen molar-refractivity contribution in [1.29, 1.82) is 0 Å². The van der Waals surface area contributed by atoms with Crippen molar-refractivity contribution in [2.45, 2.75) is 25.9 Å². The molecule has 4 rings (SSSR count). The van der Waals surface area contributed by atoms with Gasteiger partial charge >= 0.3 is 12.1 Å². The summed E-state index contributed by atoms with van der Waals surface area (Å²) in [6, 6.07) is 21.0. The molecular weight excluding hydrogens is 433 g/mol. The van der Waals surface area contributed by atoms with Crippen molar-refractivity contribution < 1.29 is 22.7 Å². The van der Waals surface area contributed by atoms with Crippen molar-refractivity contribution in [3.05, 3.63) is 94.4 Å². The minimum absolute atomic E-state index is 0.318. The standard InChI is InChI=1S/C26H21F3O2S/c1-2-31-25(30)20-9-4-7-18(15-20)23-11-5-8-19-16-22(32-24(19)23)13-12-17-6-3-10-21(14-17)26(27,28)29/h3-11,14-16H,2,12-13H2,1H3. The van der Waals surface area contributed by atoms with Gasteiger partial charge in [-0.2, -0.15) is 13.2 Å². The molecule has 0 spiro atoms. The van der Waals surface area contributed by atoms with E-state index in [9.17, 15) is 18.0 Å². The lowest BCUT2D eigenvalue weighted by molar-refractivity contribution is -0.137. The van der Waals surface area contributed by atoms with Gasteiger partial charge in [0, 0.05) is 9.58 Å². The smallest absolute Gasteiger partial charge is 0.416 e. The molecule has 0 aliphatic rings. The van der Waals surface area contributed by atoms with Gasteiger partial charge in [-0.1, -0.05) is 48.5 Å². The molecule has 6 heteroatoms. The van der Waals surface area contributed by atoms with Gasteiger partial charge in [-0.15, -0.1) is 11.3 Å². The summed E-state index contributed by atoms with van der Waals surface area (Å²) >= 11 is 1.63. The van der Waals surface area contributed by atoms with Crippen molar-refractivity contribution in [2.75, 3.05) is 6.61 Å². The number of benzene rings is 3. The molecule has 3 aromatic carbocycles. The minimum Gasteiger partial charge on any atom is -0.462 e. The number of halogens is 3. The molecule has 0 fully saturated rings. The SMILES string of the molecule is CCOC(=O)c1cccc(-c2cccc3cc(CCc4cccc(C(F)(F)F)c4)sc23)c1. The molecule has 2 nitrogen and oxygen atoms in total. The number of carbonyl (C=O) groups excluding carboxylic acids is 1. The molecule has 0 unspecified atom stereocenters. The number of rotatable bonds is 6. The Morgan fingerprint density at radius 1 is 0.938 bits per heavy atom. The lowest BCUT2D eigenvalue weighted by Gasteiger charge is -2.08. The first-order valence-electron chi connectivity index (χ1n) is 10.3. The van der Waals surface area contributed by atoms with Crippen molar-refractivity contribution in [1.82, 2.24) is 0 Å². The van der Waals surface area contributed by atoms with Gasteiger partial charge in [-0.25, -0.2) is 4.79 Å².